The molecule has 3 N–H and O–H groups in total. The van der Waals surface area contributed by atoms with Gasteiger partial charge < -0.3 is 15.7 Å². The molecule has 0 aromatic heterocycles. The molecule has 4 heteroatoms. The lowest BCUT2D eigenvalue weighted by molar-refractivity contribution is 0.121. The molecule has 114 valence electrons. The molecular formula is C15H32N2O2. The van der Waals surface area contributed by atoms with Crippen LogP contribution in [-0.2, 0) is 4.74 Å². The third kappa shape index (κ3) is 9.77. The van der Waals surface area contributed by atoms with Crippen LogP contribution in [0.5, 0.6) is 0 Å². The average molecular weight is 272 g/mol. The van der Waals surface area contributed by atoms with Crippen LogP contribution in [0.4, 0.5) is 0 Å². The van der Waals surface area contributed by atoms with Gasteiger partial charge in [0.25, 0.3) is 0 Å². The van der Waals surface area contributed by atoms with Gasteiger partial charge in [-0.05, 0) is 19.3 Å². The van der Waals surface area contributed by atoms with E-state index in [0.29, 0.717) is 5.84 Å². The van der Waals surface area contributed by atoms with Crippen LogP contribution < -0.4 is 5.73 Å². The molecular weight excluding hydrogens is 240 g/mol. The van der Waals surface area contributed by atoms with Crippen LogP contribution in [0, 0.1) is 5.41 Å². The molecule has 0 saturated carbocycles. The number of hydrogen-bond donors (Lipinski definition) is 2. The summed E-state index contributed by atoms with van der Waals surface area (Å²) < 4.78 is 5.61. The molecule has 0 spiro atoms. The second-order valence-electron chi connectivity index (χ2n) is 5.85. The highest BCUT2D eigenvalue weighted by Crippen LogP contribution is 2.22. The minimum Gasteiger partial charge on any atom is -0.409 e. The molecule has 0 aromatic carbocycles. The summed E-state index contributed by atoms with van der Waals surface area (Å²) in [6.45, 7) is 7.82. The van der Waals surface area contributed by atoms with Crippen LogP contribution >= 0.6 is 0 Å². The minimum absolute atomic E-state index is 0.252. The first-order valence-corrected chi connectivity index (χ1v) is 7.60. The lowest BCUT2D eigenvalue weighted by atomic mass is 9.87. The molecule has 0 aromatic rings. The summed E-state index contributed by atoms with van der Waals surface area (Å²) in [6, 6.07) is 0. The van der Waals surface area contributed by atoms with Gasteiger partial charge in [0.05, 0.1) is 0 Å². The van der Waals surface area contributed by atoms with E-state index >= 15 is 0 Å². The quantitative estimate of drug-likeness (QED) is 0.186. The number of unbranched alkanes of at least 4 members (excludes halogenated alkanes) is 5. The van der Waals surface area contributed by atoms with Gasteiger partial charge in [0.2, 0.25) is 0 Å². The fourth-order valence-electron chi connectivity index (χ4n) is 1.97. The smallest absolute Gasteiger partial charge is 0.144 e. The first-order valence-electron chi connectivity index (χ1n) is 7.60. The number of oxime groups is 1. The normalized spacial score (nSPS) is 12.9. The van der Waals surface area contributed by atoms with Crippen molar-refractivity contribution in [3.8, 4) is 0 Å². The first kappa shape index (κ1) is 18.2. The van der Waals surface area contributed by atoms with Gasteiger partial charge >= 0.3 is 0 Å². The largest absolute Gasteiger partial charge is 0.409 e. The van der Waals surface area contributed by atoms with Crippen molar-refractivity contribution in [2.45, 2.75) is 72.1 Å². The van der Waals surface area contributed by atoms with Crippen LogP contribution in [0.25, 0.3) is 0 Å². The summed E-state index contributed by atoms with van der Waals surface area (Å²) >= 11 is 0. The molecule has 0 saturated heterocycles. The molecule has 0 radical (unpaired) electrons. The van der Waals surface area contributed by atoms with Crippen LogP contribution in [0.3, 0.4) is 0 Å². The third-order valence-corrected chi connectivity index (χ3v) is 3.53. The van der Waals surface area contributed by atoms with E-state index in [9.17, 15) is 0 Å². The topological polar surface area (TPSA) is 67.8 Å². The molecule has 4 nitrogen and oxygen atoms in total. The molecule has 0 unspecified atom stereocenters. The van der Waals surface area contributed by atoms with Crippen molar-refractivity contribution >= 4 is 5.84 Å². The summed E-state index contributed by atoms with van der Waals surface area (Å²) in [6.07, 6.45) is 9.58. The van der Waals surface area contributed by atoms with Crippen molar-refractivity contribution in [1.82, 2.24) is 0 Å². The van der Waals surface area contributed by atoms with Crippen molar-refractivity contribution in [3.05, 3.63) is 0 Å². The summed E-state index contributed by atoms with van der Waals surface area (Å²) in [5, 5.41) is 11.7. The minimum atomic E-state index is -0.252. The van der Waals surface area contributed by atoms with E-state index in [1.54, 1.807) is 0 Å². The molecule has 0 bridgehead atoms. The Labute approximate surface area is 118 Å². The summed E-state index contributed by atoms with van der Waals surface area (Å²) in [5.74, 6) is 0.295. The highest BCUT2D eigenvalue weighted by atomic mass is 16.5. The lowest BCUT2D eigenvalue weighted by Crippen LogP contribution is -2.32. The van der Waals surface area contributed by atoms with E-state index in [1.165, 1.54) is 32.1 Å². The van der Waals surface area contributed by atoms with Gasteiger partial charge in [-0.15, -0.1) is 0 Å². The fourth-order valence-corrected chi connectivity index (χ4v) is 1.97. The second-order valence-corrected chi connectivity index (χ2v) is 5.85. The Morgan fingerprint density at radius 2 is 1.63 bits per heavy atom. The van der Waals surface area contributed by atoms with E-state index in [2.05, 4.69) is 12.1 Å². The van der Waals surface area contributed by atoms with E-state index in [0.717, 1.165) is 32.5 Å². The summed E-state index contributed by atoms with van der Waals surface area (Å²) in [4.78, 5) is 0. The summed E-state index contributed by atoms with van der Waals surface area (Å²) in [7, 11) is 0. The molecule has 0 aliphatic carbocycles. The van der Waals surface area contributed by atoms with Gasteiger partial charge in [0.15, 0.2) is 0 Å². The fraction of sp³-hybridized carbons (Fsp3) is 0.933. The van der Waals surface area contributed by atoms with E-state index in [1.807, 2.05) is 13.8 Å². The van der Waals surface area contributed by atoms with Crippen LogP contribution in [0.2, 0.25) is 0 Å². The van der Waals surface area contributed by atoms with Gasteiger partial charge in [0, 0.05) is 18.6 Å². The molecule has 0 fully saturated rings. The zero-order chi connectivity index (χ0) is 14.6. The van der Waals surface area contributed by atoms with Crippen LogP contribution in [-0.4, -0.2) is 24.3 Å². The van der Waals surface area contributed by atoms with Crippen LogP contribution in [0.15, 0.2) is 5.16 Å². The first-order chi connectivity index (χ1) is 9.04. The predicted molar refractivity (Wildman–Crippen MR) is 80.6 cm³/mol. The Balaban J connectivity index is 3.36. The Kier molecular flexibility index (Phi) is 10.6. The molecule has 0 aliphatic heterocycles. The second kappa shape index (κ2) is 11.1. The van der Waals surface area contributed by atoms with Gasteiger partial charge in [0.1, 0.15) is 5.84 Å². The summed E-state index contributed by atoms with van der Waals surface area (Å²) in [5.41, 5.74) is 5.38. The Bertz CT molecular complexity index is 240. The predicted octanol–water partition coefficient (Wildman–Crippen LogP) is 3.92. The van der Waals surface area contributed by atoms with E-state index in [-0.39, 0.29) is 5.41 Å². The molecule has 0 rings (SSSR count). The zero-order valence-corrected chi connectivity index (χ0v) is 13.0. The maximum atomic E-state index is 8.66. The standard InChI is InChI=1S/C15H32N2O2/c1-4-5-6-7-8-9-12-19-13-10-11-15(2,3)14(16)17-18/h18H,4-13H2,1-3H3,(H2,16,17). The van der Waals surface area contributed by atoms with Gasteiger partial charge in [-0.25, -0.2) is 0 Å². The van der Waals surface area contributed by atoms with Gasteiger partial charge in [-0.3, -0.25) is 0 Å². The van der Waals surface area contributed by atoms with Crippen molar-refractivity contribution in [1.29, 1.82) is 0 Å². The van der Waals surface area contributed by atoms with E-state index in [4.69, 9.17) is 15.7 Å². The Morgan fingerprint density at radius 1 is 1.05 bits per heavy atom. The van der Waals surface area contributed by atoms with Crippen molar-refractivity contribution in [3.63, 3.8) is 0 Å². The number of nitrogens with two attached hydrogens (primary N) is 1. The highest BCUT2D eigenvalue weighted by molar-refractivity contribution is 5.85. The van der Waals surface area contributed by atoms with Crippen LogP contribution in [0.1, 0.15) is 72.1 Å². The number of hydrogen-bond acceptors (Lipinski definition) is 3. The maximum Gasteiger partial charge on any atom is 0.144 e. The third-order valence-electron chi connectivity index (χ3n) is 3.53. The van der Waals surface area contributed by atoms with Crippen molar-refractivity contribution in [2.24, 2.45) is 16.3 Å². The number of nitrogens with zero attached hydrogens (tertiary/aromatic N) is 1. The number of ether oxygens (including phenoxy) is 1. The van der Waals surface area contributed by atoms with E-state index < -0.39 is 0 Å². The Hall–Kier alpha value is -0.770. The van der Waals surface area contributed by atoms with Gasteiger partial charge in [-0.1, -0.05) is 58.0 Å². The van der Waals surface area contributed by atoms with Crippen molar-refractivity contribution < 1.29 is 9.94 Å². The highest BCUT2D eigenvalue weighted by Gasteiger charge is 2.22. The number of rotatable bonds is 12. The van der Waals surface area contributed by atoms with Gasteiger partial charge in [-0.2, -0.15) is 0 Å². The molecule has 19 heavy (non-hydrogen) atoms. The molecule has 0 heterocycles. The molecule has 0 aliphatic rings. The lowest BCUT2D eigenvalue weighted by Gasteiger charge is -2.22. The average Bonchev–Trinajstić information content (AvgIpc) is 2.39. The zero-order valence-electron chi connectivity index (χ0n) is 13.0. The number of amidine groups is 1. The van der Waals surface area contributed by atoms with Crippen molar-refractivity contribution in [2.75, 3.05) is 13.2 Å². The maximum absolute atomic E-state index is 8.66. The monoisotopic (exact) mass is 272 g/mol. The SMILES string of the molecule is CCCCCCCCOCCCC(C)(C)C(N)=NO. The Morgan fingerprint density at radius 3 is 2.26 bits per heavy atom. The molecule has 0 atom stereocenters. The molecule has 0 amide bonds.